The average Bonchev–Trinajstić information content (AvgIpc) is 2.46. The van der Waals surface area contributed by atoms with Crippen LogP contribution in [0.3, 0.4) is 0 Å². The van der Waals surface area contributed by atoms with Crippen LogP contribution in [0.15, 0.2) is 30.6 Å². The van der Waals surface area contributed by atoms with Crippen LogP contribution in [0.5, 0.6) is 0 Å². The molecule has 0 radical (unpaired) electrons. The quantitative estimate of drug-likeness (QED) is 0.861. The third-order valence-corrected chi connectivity index (χ3v) is 2.76. The normalized spacial score (nSPS) is 10.4. The van der Waals surface area contributed by atoms with Crippen molar-refractivity contribution in [3.8, 4) is 11.4 Å². The van der Waals surface area contributed by atoms with Crippen LogP contribution in [0.1, 0.15) is 32.4 Å². The molecular formula is C15H20N4. The number of nitrogens with zero attached hydrogens (tertiary/aromatic N) is 3. The van der Waals surface area contributed by atoms with Gasteiger partial charge in [0, 0.05) is 36.3 Å². The molecule has 19 heavy (non-hydrogen) atoms. The molecule has 0 saturated heterocycles. The molecule has 0 amide bonds. The molecule has 0 spiro atoms. The molecule has 0 aliphatic carbocycles. The number of anilines is 1. The van der Waals surface area contributed by atoms with Crippen LogP contribution in [0.2, 0.25) is 0 Å². The van der Waals surface area contributed by atoms with Crippen molar-refractivity contribution in [1.29, 1.82) is 0 Å². The zero-order valence-electron chi connectivity index (χ0n) is 11.6. The van der Waals surface area contributed by atoms with E-state index in [1.807, 2.05) is 18.2 Å². The Hall–Kier alpha value is -1.97. The van der Waals surface area contributed by atoms with Gasteiger partial charge < -0.3 is 5.32 Å². The summed E-state index contributed by atoms with van der Waals surface area (Å²) in [5, 5.41) is 3.33. The fourth-order valence-electron chi connectivity index (χ4n) is 1.85. The predicted molar refractivity (Wildman–Crippen MR) is 78.0 cm³/mol. The molecule has 0 aliphatic heterocycles. The van der Waals surface area contributed by atoms with Gasteiger partial charge in [0.05, 0.1) is 0 Å². The summed E-state index contributed by atoms with van der Waals surface area (Å²) in [6.45, 7) is 5.23. The Balaban J connectivity index is 2.33. The maximum Gasteiger partial charge on any atom is 0.163 e. The molecule has 0 aliphatic rings. The molecular weight excluding hydrogens is 236 g/mol. The average molecular weight is 256 g/mol. The molecule has 2 aromatic heterocycles. The van der Waals surface area contributed by atoms with Crippen LogP contribution in [0.25, 0.3) is 11.4 Å². The number of pyridine rings is 1. The summed E-state index contributed by atoms with van der Waals surface area (Å²) < 4.78 is 0. The van der Waals surface area contributed by atoms with E-state index in [-0.39, 0.29) is 0 Å². The lowest BCUT2D eigenvalue weighted by molar-refractivity contribution is 0.872. The van der Waals surface area contributed by atoms with E-state index in [2.05, 4.69) is 34.1 Å². The summed E-state index contributed by atoms with van der Waals surface area (Å²) in [5.41, 5.74) is 2.04. The third-order valence-electron chi connectivity index (χ3n) is 2.76. The number of rotatable bonds is 6. The van der Waals surface area contributed by atoms with Gasteiger partial charge in [0.25, 0.3) is 0 Å². The van der Waals surface area contributed by atoms with Crippen molar-refractivity contribution in [1.82, 2.24) is 15.0 Å². The lowest BCUT2D eigenvalue weighted by Crippen LogP contribution is -2.05. The van der Waals surface area contributed by atoms with Gasteiger partial charge in [-0.15, -0.1) is 0 Å². The van der Waals surface area contributed by atoms with Gasteiger partial charge >= 0.3 is 0 Å². The predicted octanol–water partition coefficient (Wildman–Crippen LogP) is 3.31. The van der Waals surface area contributed by atoms with Crippen molar-refractivity contribution < 1.29 is 0 Å². The summed E-state index contributed by atoms with van der Waals surface area (Å²) in [6.07, 6.45) is 6.69. The molecule has 2 aromatic rings. The van der Waals surface area contributed by atoms with Crippen molar-refractivity contribution in [2.75, 3.05) is 11.9 Å². The summed E-state index contributed by atoms with van der Waals surface area (Å²) in [6, 6.07) is 5.94. The second kappa shape index (κ2) is 6.83. The Kier molecular flexibility index (Phi) is 4.84. The van der Waals surface area contributed by atoms with E-state index in [9.17, 15) is 0 Å². The van der Waals surface area contributed by atoms with Crippen molar-refractivity contribution in [2.24, 2.45) is 0 Å². The molecule has 1 N–H and O–H groups in total. The standard InChI is InChI=1S/C15H20N4/c1-3-6-13-10-14(17-8-4-2)19-15(18-13)12-7-5-9-16-11-12/h5,7,9-11H,3-4,6,8H2,1-2H3,(H,17,18,19). The van der Waals surface area contributed by atoms with Crippen molar-refractivity contribution >= 4 is 5.82 Å². The van der Waals surface area contributed by atoms with Crippen molar-refractivity contribution in [2.45, 2.75) is 33.1 Å². The van der Waals surface area contributed by atoms with E-state index in [1.165, 1.54) is 0 Å². The number of aryl methyl sites for hydroxylation is 1. The van der Waals surface area contributed by atoms with Crippen LogP contribution in [0, 0.1) is 0 Å². The second-order valence-electron chi connectivity index (χ2n) is 4.49. The SMILES string of the molecule is CCCNc1cc(CCC)nc(-c2cccnc2)n1. The number of nitrogens with one attached hydrogen (secondary N) is 1. The minimum atomic E-state index is 0.748. The van der Waals surface area contributed by atoms with E-state index >= 15 is 0 Å². The highest BCUT2D eigenvalue weighted by Crippen LogP contribution is 2.17. The second-order valence-corrected chi connectivity index (χ2v) is 4.49. The topological polar surface area (TPSA) is 50.7 Å². The van der Waals surface area contributed by atoms with Crippen molar-refractivity contribution in [3.05, 3.63) is 36.3 Å². The van der Waals surface area contributed by atoms with Gasteiger partial charge in [0.1, 0.15) is 5.82 Å². The minimum absolute atomic E-state index is 0.748. The maximum absolute atomic E-state index is 4.61. The first-order chi connectivity index (χ1) is 9.33. The van der Waals surface area contributed by atoms with E-state index in [1.54, 1.807) is 12.4 Å². The van der Waals surface area contributed by atoms with E-state index in [4.69, 9.17) is 0 Å². The fourth-order valence-corrected chi connectivity index (χ4v) is 1.85. The summed E-state index contributed by atoms with van der Waals surface area (Å²) in [7, 11) is 0. The first kappa shape index (κ1) is 13.5. The first-order valence-corrected chi connectivity index (χ1v) is 6.85. The monoisotopic (exact) mass is 256 g/mol. The van der Waals surface area contributed by atoms with Crippen LogP contribution in [-0.4, -0.2) is 21.5 Å². The zero-order valence-corrected chi connectivity index (χ0v) is 11.6. The lowest BCUT2D eigenvalue weighted by Gasteiger charge is -2.09. The van der Waals surface area contributed by atoms with E-state index < -0.39 is 0 Å². The number of hydrogen-bond donors (Lipinski definition) is 1. The molecule has 4 nitrogen and oxygen atoms in total. The molecule has 0 atom stereocenters. The highest BCUT2D eigenvalue weighted by atomic mass is 15.0. The molecule has 2 rings (SSSR count). The largest absolute Gasteiger partial charge is 0.370 e. The highest BCUT2D eigenvalue weighted by molar-refractivity contribution is 5.56. The Labute approximate surface area is 114 Å². The van der Waals surface area contributed by atoms with Crippen LogP contribution < -0.4 is 5.32 Å². The van der Waals surface area contributed by atoms with Gasteiger partial charge in [-0.3, -0.25) is 4.98 Å². The van der Waals surface area contributed by atoms with Gasteiger partial charge in [-0.05, 0) is 25.0 Å². The summed E-state index contributed by atoms with van der Waals surface area (Å²) in [4.78, 5) is 13.3. The molecule has 0 unspecified atom stereocenters. The molecule has 2 heterocycles. The minimum Gasteiger partial charge on any atom is -0.370 e. The van der Waals surface area contributed by atoms with Gasteiger partial charge in [-0.25, -0.2) is 9.97 Å². The van der Waals surface area contributed by atoms with E-state index in [0.717, 1.165) is 48.7 Å². The van der Waals surface area contributed by atoms with Gasteiger partial charge in [0.2, 0.25) is 0 Å². The lowest BCUT2D eigenvalue weighted by atomic mass is 10.2. The fraction of sp³-hybridized carbons (Fsp3) is 0.400. The van der Waals surface area contributed by atoms with Crippen LogP contribution >= 0.6 is 0 Å². The Morgan fingerprint density at radius 2 is 2.05 bits per heavy atom. The third kappa shape index (κ3) is 3.74. The molecule has 0 fully saturated rings. The van der Waals surface area contributed by atoms with Gasteiger partial charge in [0.15, 0.2) is 5.82 Å². The highest BCUT2D eigenvalue weighted by Gasteiger charge is 2.06. The Morgan fingerprint density at radius 1 is 1.16 bits per heavy atom. The molecule has 0 saturated carbocycles. The number of hydrogen-bond acceptors (Lipinski definition) is 4. The zero-order chi connectivity index (χ0) is 13.5. The van der Waals surface area contributed by atoms with Gasteiger partial charge in [-0.2, -0.15) is 0 Å². The number of aromatic nitrogens is 3. The van der Waals surface area contributed by atoms with Gasteiger partial charge in [-0.1, -0.05) is 20.3 Å². The summed E-state index contributed by atoms with van der Waals surface area (Å²) in [5.74, 6) is 1.65. The van der Waals surface area contributed by atoms with Crippen LogP contribution in [0.4, 0.5) is 5.82 Å². The maximum atomic E-state index is 4.61. The van der Waals surface area contributed by atoms with E-state index in [0.29, 0.717) is 0 Å². The van der Waals surface area contributed by atoms with Crippen LogP contribution in [-0.2, 0) is 6.42 Å². The summed E-state index contributed by atoms with van der Waals surface area (Å²) >= 11 is 0. The Morgan fingerprint density at radius 3 is 2.74 bits per heavy atom. The molecule has 100 valence electrons. The van der Waals surface area contributed by atoms with Crippen molar-refractivity contribution in [3.63, 3.8) is 0 Å². The smallest absolute Gasteiger partial charge is 0.163 e. The first-order valence-electron chi connectivity index (χ1n) is 6.85. The molecule has 0 aromatic carbocycles. The molecule has 4 heteroatoms. The Bertz CT molecular complexity index is 511. The molecule has 0 bridgehead atoms.